The van der Waals surface area contributed by atoms with Gasteiger partial charge in [-0.25, -0.2) is 0 Å². The maximum absolute atomic E-state index is 3.13. The van der Waals surface area contributed by atoms with Crippen molar-refractivity contribution in [2.24, 2.45) is 0 Å². The van der Waals surface area contributed by atoms with Crippen LogP contribution in [0.5, 0.6) is 0 Å². The Morgan fingerprint density at radius 1 is 1.33 bits per heavy atom. The first-order valence-electron chi connectivity index (χ1n) is 2.10. The monoisotopic (exact) mass is 102 g/mol. The molecule has 0 spiro atoms. The van der Waals surface area contributed by atoms with E-state index >= 15 is 0 Å². The quantitative estimate of drug-likeness (QED) is 0.422. The van der Waals surface area contributed by atoms with E-state index in [-0.39, 0.29) is 0 Å². The molecule has 0 bridgehead atoms. The lowest BCUT2D eigenvalue weighted by Crippen LogP contribution is -2.33. The van der Waals surface area contributed by atoms with Gasteiger partial charge in [0.2, 0.25) is 0 Å². The van der Waals surface area contributed by atoms with E-state index < -0.39 is 0 Å². The van der Waals surface area contributed by atoms with E-state index in [1.165, 1.54) is 0 Å². The Labute approximate surface area is 42.6 Å². The zero-order valence-corrected chi connectivity index (χ0v) is 6.12. The number of hydrogen-bond donors (Lipinski definition) is 1. The minimum Gasteiger partial charge on any atom is -0.339 e. The van der Waals surface area contributed by atoms with Gasteiger partial charge < -0.3 is 4.98 Å². The fourth-order valence-corrected chi connectivity index (χ4v) is 0. The molecule has 2 heteroatoms. The molecule has 0 heterocycles. The van der Waals surface area contributed by atoms with Crippen molar-refractivity contribution >= 4 is 10.4 Å². The highest BCUT2D eigenvalue weighted by Crippen LogP contribution is 1.93. The molecule has 0 saturated carbocycles. The average Bonchev–Trinajstić information content (AvgIpc) is 1.35. The van der Waals surface area contributed by atoms with Gasteiger partial charge in [-0.05, 0) is 20.8 Å². The minimum atomic E-state index is 0.304. The van der Waals surface area contributed by atoms with Gasteiger partial charge in [-0.1, -0.05) is 0 Å². The van der Waals surface area contributed by atoms with Crippen LogP contribution in [0.25, 0.3) is 0 Å². The van der Waals surface area contributed by atoms with E-state index in [9.17, 15) is 0 Å². The van der Waals surface area contributed by atoms with Crippen molar-refractivity contribution in [2.45, 2.75) is 26.3 Å². The summed E-state index contributed by atoms with van der Waals surface area (Å²) < 4.78 is 0. The van der Waals surface area contributed by atoms with Gasteiger partial charge in [-0.15, -0.1) is 0 Å². The first-order chi connectivity index (χ1) is 2.56. The zero-order valence-electron chi connectivity index (χ0n) is 4.71. The maximum Gasteiger partial charge on any atom is 0.0938 e. The maximum atomic E-state index is 3.13. The summed E-state index contributed by atoms with van der Waals surface area (Å²) in [5.41, 5.74) is 0.304. The van der Waals surface area contributed by atoms with Crippen molar-refractivity contribution in [1.29, 1.82) is 0 Å². The van der Waals surface area contributed by atoms with Crippen LogP contribution in [0.2, 0.25) is 0 Å². The highest BCUT2D eigenvalue weighted by Gasteiger charge is 2.01. The van der Waals surface area contributed by atoms with Crippen molar-refractivity contribution in [3.8, 4) is 0 Å². The van der Waals surface area contributed by atoms with Crippen LogP contribution in [-0.2, 0) is 0 Å². The Morgan fingerprint density at radius 2 is 1.50 bits per heavy atom. The average molecular weight is 102 g/mol. The molecule has 37 valence electrons. The highest BCUT2D eigenvalue weighted by atomic mass is 28.2. The summed E-state index contributed by atoms with van der Waals surface area (Å²) in [6.07, 6.45) is 0. The van der Waals surface area contributed by atoms with Crippen molar-refractivity contribution in [3.05, 3.63) is 0 Å². The molecule has 1 N–H and O–H groups in total. The smallest absolute Gasteiger partial charge is 0.0938 e. The van der Waals surface area contributed by atoms with Gasteiger partial charge in [-0.2, -0.15) is 0 Å². The predicted molar refractivity (Wildman–Crippen MR) is 31.4 cm³/mol. The summed E-state index contributed by atoms with van der Waals surface area (Å²) >= 11 is 0. The van der Waals surface area contributed by atoms with Crippen LogP contribution in [0.1, 0.15) is 20.8 Å². The van der Waals surface area contributed by atoms with Gasteiger partial charge in [0.1, 0.15) is 0 Å². The van der Waals surface area contributed by atoms with E-state index in [1.807, 2.05) is 0 Å². The van der Waals surface area contributed by atoms with Gasteiger partial charge in [0.15, 0.2) is 0 Å². The van der Waals surface area contributed by atoms with E-state index in [0.717, 1.165) is 0 Å². The van der Waals surface area contributed by atoms with E-state index in [2.05, 4.69) is 25.8 Å². The van der Waals surface area contributed by atoms with Gasteiger partial charge >= 0.3 is 0 Å². The van der Waals surface area contributed by atoms with E-state index in [0.29, 0.717) is 5.54 Å². The van der Waals surface area contributed by atoms with Crippen LogP contribution in [-0.4, -0.2) is 15.9 Å². The summed E-state index contributed by atoms with van der Waals surface area (Å²) in [7, 11) is 1.79. The third kappa shape index (κ3) is 4.18. The molecule has 0 aliphatic rings. The molecule has 0 aliphatic carbocycles. The molecule has 0 aromatic heterocycles. The summed E-state index contributed by atoms with van der Waals surface area (Å²) in [5.74, 6) is 0. The summed E-state index contributed by atoms with van der Waals surface area (Å²) in [6, 6.07) is 0. The normalized spacial score (nSPS) is 12.0. The van der Waals surface area contributed by atoms with E-state index in [1.54, 1.807) is 10.4 Å². The molecule has 0 aliphatic heterocycles. The Hall–Kier alpha value is 0.177. The molecule has 0 atom stereocenters. The number of hydrogen-bond acceptors (Lipinski definition) is 1. The van der Waals surface area contributed by atoms with Crippen molar-refractivity contribution in [1.82, 2.24) is 4.98 Å². The Balaban J connectivity index is 3.17. The Bertz CT molecular complexity index is 37.3. The SMILES string of the molecule is CC(C)(C)N[SiH2]. The second kappa shape index (κ2) is 1.75. The van der Waals surface area contributed by atoms with Crippen LogP contribution >= 0.6 is 0 Å². The lowest BCUT2D eigenvalue weighted by Gasteiger charge is -2.15. The summed E-state index contributed by atoms with van der Waals surface area (Å²) in [4.78, 5) is 3.13. The fraction of sp³-hybridized carbons (Fsp3) is 1.00. The molecule has 0 rings (SSSR count). The van der Waals surface area contributed by atoms with Gasteiger partial charge in [0, 0.05) is 5.54 Å². The molecule has 0 amide bonds. The predicted octanol–water partition coefficient (Wildman–Crippen LogP) is -0.0774. The van der Waals surface area contributed by atoms with Crippen LogP contribution in [0.15, 0.2) is 0 Å². The number of nitrogens with one attached hydrogen (secondary N) is 1. The molecule has 0 fully saturated rings. The molecule has 1 radical (unpaired) electrons. The van der Waals surface area contributed by atoms with Crippen molar-refractivity contribution < 1.29 is 0 Å². The van der Waals surface area contributed by atoms with Crippen LogP contribution < -0.4 is 4.98 Å². The Morgan fingerprint density at radius 3 is 1.50 bits per heavy atom. The molecule has 0 aromatic carbocycles. The largest absolute Gasteiger partial charge is 0.339 e. The highest BCUT2D eigenvalue weighted by molar-refractivity contribution is 6.04. The Kier molecular flexibility index (Phi) is 1.81. The first-order valence-corrected chi connectivity index (χ1v) is 2.81. The molecule has 0 unspecified atom stereocenters. The zero-order chi connectivity index (χ0) is 5.21. The first kappa shape index (κ1) is 6.18. The molecule has 1 nitrogen and oxygen atoms in total. The van der Waals surface area contributed by atoms with Gasteiger partial charge in [0.25, 0.3) is 0 Å². The number of rotatable bonds is 0. The third-order valence-electron chi connectivity index (χ3n) is 0.530. The summed E-state index contributed by atoms with van der Waals surface area (Å²) in [6.45, 7) is 6.42. The van der Waals surface area contributed by atoms with Gasteiger partial charge in [-0.3, -0.25) is 0 Å². The molecular formula is C4H12NSi. The van der Waals surface area contributed by atoms with E-state index in [4.69, 9.17) is 0 Å². The van der Waals surface area contributed by atoms with Crippen LogP contribution in [0.4, 0.5) is 0 Å². The fourth-order valence-electron chi connectivity index (χ4n) is 0. The molecule has 0 saturated heterocycles. The topological polar surface area (TPSA) is 12.0 Å². The van der Waals surface area contributed by atoms with Crippen molar-refractivity contribution in [2.75, 3.05) is 0 Å². The molecular weight excluding hydrogens is 90.1 g/mol. The van der Waals surface area contributed by atoms with Crippen molar-refractivity contribution in [3.63, 3.8) is 0 Å². The van der Waals surface area contributed by atoms with Crippen LogP contribution in [0, 0.1) is 0 Å². The molecule has 0 aromatic rings. The standard InChI is InChI=1S/C4H12NSi/c1-4(2,3)5-6/h5H,6H2,1-3H3. The lowest BCUT2D eigenvalue weighted by atomic mass is 10.1. The minimum absolute atomic E-state index is 0.304. The molecule has 6 heavy (non-hydrogen) atoms. The van der Waals surface area contributed by atoms with Crippen LogP contribution in [0.3, 0.4) is 0 Å². The summed E-state index contributed by atoms with van der Waals surface area (Å²) in [5, 5.41) is 0. The van der Waals surface area contributed by atoms with Gasteiger partial charge in [0.05, 0.1) is 10.4 Å². The third-order valence-corrected chi connectivity index (χ3v) is 1.59. The second-order valence-corrected chi connectivity index (χ2v) is 2.78. The lowest BCUT2D eigenvalue weighted by molar-refractivity contribution is 0.528. The second-order valence-electron chi connectivity index (χ2n) is 2.43.